The van der Waals surface area contributed by atoms with Crippen LogP contribution in [0, 0.1) is 10.1 Å². The van der Waals surface area contributed by atoms with Gasteiger partial charge in [0, 0.05) is 18.3 Å². The molecule has 1 atom stereocenters. The monoisotopic (exact) mass is 311 g/mol. The first kappa shape index (κ1) is 15.0. The van der Waals surface area contributed by atoms with Gasteiger partial charge in [-0.2, -0.15) is 5.10 Å². The van der Waals surface area contributed by atoms with E-state index in [1.165, 1.54) is 12.1 Å². The Kier molecular flexibility index (Phi) is 4.59. The Morgan fingerprint density at radius 3 is 3.00 bits per heavy atom. The van der Waals surface area contributed by atoms with Crippen molar-refractivity contribution in [3.8, 4) is 0 Å². The van der Waals surface area contributed by atoms with Gasteiger partial charge in [-0.3, -0.25) is 14.9 Å². The number of carbonyl (C=O) groups is 1. The molecule has 0 bridgehead atoms. The summed E-state index contributed by atoms with van der Waals surface area (Å²) in [5.74, 6) is 4.72. The number of hydrazone groups is 1. The van der Waals surface area contributed by atoms with E-state index in [0.29, 0.717) is 18.7 Å². The van der Waals surface area contributed by atoms with Crippen LogP contribution in [0.4, 0.5) is 11.4 Å². The highest BCUT2D eigenvalue weighted by Gasteiger charge is 2.31. The van der Waals surface area contributed by atoms with E-state index in [0.717, 1.165) is 12.8 Å². The number of rotatable bonds is 4. The maximum atomic E-state index is 12.0. The summed E-state index contributed by atoms with van der Waals surface area (Å²) in [6.45, 7) is 0.673. The molecule has 0 aliphatic carbocycles. The van der Waals surface area contributed by atoms with Gasteiger partial charge >= 0.3 is 0 Å². The lowest BCUT2D eigenvalue weighted by molar-refractivity contribution is -0.384. The Labute approximate surface area is 125 Å². The average Bonchev–Trinajstić information content (AvgIpc) is 2.93. The van der Waals surface area contributed by atoms with Crippen molar-refractivity contribution < 1.29 is 9.72 Å². The van der Waals surface area contributed by atoms with Crippen molar-refractivity contribution in [3.63, 3.8) is 0 Å². The molecule has 1 aliphatic heterocycles. The molecule has 0 radical (unpaired) electrons. The van der Waals surface area contributed by atoms with Crippen LogP contribution in [0.3, 0.4) is 0 Å². The fraction of sp³-hybridized carbons (Fsp3) is 0.333. The van der Waals surface area contributed by atoms with Gasteiger partial charge in [-0.05, 0) is 25.0 Å². The largest absolute Gasteiger partial charge is 0.359 e. The highest BCUT2D eigenvalue weighted by atomic mass is 35.5. The summed E-state index contributed by atoms with van der Waals surface area (Å²) in [5, 5.41) is 16.5. The van der Waals surface area contributed by atoms with E-state index in [9.17, 15) is 14.9 Å². The maximum Gasteiger partial charge on any atom is 0.288 e. The summed E-state index contributed by atoms with van der Waals surface area (Å²) in [6, 6.07) is 4.06. The quantitative estimate of drug-likeness (QED) is 0.285. The highest BCUT2D eigenvalue weighted by molar-refractivity contribution is 6.32. The third kappa shape index (κ3) is 3.22. The Hall–Kier alpha value is -2.35. The van der Waals surface area contributed by atoms with Crippen LogP contribution in [0.1, 0.15) is 12.8 Å². The number of nitro groups is 1. The van der Waals surface area contributed by atoms with Crippen molar-refractivity contribution in [2.75, 3.05) is 11.4 Å². The van der Waals surface area contributed by atoms with Gasteiger partial charge in [0.1, 0.15) is 17.4 Å². The number of halogens is 1. The second-order valence-corrected chi connectivity index (χ2v) is 4.94. The fourth-order valence-electron chi connectivity index (χ4n) is 2.37. The first-order chi connectivity index (χ1) is 10.0. The Morgan fingerprint density at radius 2 is 2.38 bits per heavy atom. The molecule has 1 aromatic carbocycles. The molecular formula is C12H14ClN5O3. The molecule has 0 aromatic heterocycles. The van der Waals surface area contributed by atoms with Gasteiger partial charge in [0.25, 0.3) is 5.69 Å². The molecule has 3 N–H and O–H groups in total. The van der Waals surface area contributed by atoms with Gasteiger partial charge in [-0.1, -0.05) is 11.6 Å². The lowest BCUT2D eigenvalue weighted by Crippen LogP contribution is -2.43. The zero-order chi connectivity index (χ0) is 15.4. The molecule has 1 fully saturated rings. The molecule has 112 valence electrons. The summed E-state index contributed by atoms with van der Waals surface area (Å²) in [6.07, 6.45) is 2.65. The Bertz CT molecular complexity index is 592. The number of anilines is 1. The molecule has 0 saturated carbocycles. The number of carbonyl (C=O) groups excluding carboxylic acids is 1. The first-order valence-electron chi connectivity index (χ1n) is 6.27. The summed E-state index contributed by atoms with van der Waals surface area (Å²) in [4.78, 5) is 24.1. The van der Waals surface area contributed by atoms with Crippen LogP contribution in [0.5, 0.6) is 0 Å². The lowest BCUT2D eigenvalue weighted by Gasteiger charge is -2.25. The molecule has 1 aliphatic rings. The van der Waals surface area contributed by atoms with E-state index in [-0.39, 0.29) is 22.7 Å². The third-order valence-corrected chi connectivity index (χ3v) is 3.60. The maximum absolute atomic E-state index is 12.0. The second kappa shape index (κ2) is 6.40. The number of hydrogen-bond donors (Lipinski definition) is 2. The molecule has 1 aromatic rings. The van der Waals surface area contributed by atoms with Crippen LogP contribution in [0.15, 0.2) is 23.3 Å². The second-order valence-electron chi connectivity index (χ2n) is 4.53. The topological polar surface area (TPSA) is 114 Å². The zero-order valence-corrected chi connectivity index (χ0v) is 11.8. The highest BCUT2D eigenvalue weighted by Crippen LogP contribution is 2.32. The van der Waals surface area contributed by atoms with Crippen LogP contribution in [0.25, 0.3) is 0 Å². The number of amides is 1. The van der Waals surface area contributed by atoms with Crippen LogP contribution < -0.4 is 16.1 Å². The van der Waals surface area contributed by atoms with Crippen LogP contribution in [0.2, 0.25) is 5.02 Å². The molecule has 1 amide bonds. The Morgan fingerprint density at radius 1 is 1.62 bits per heavy atom. The number of hydrogen-bond acceptors (Lipinski definition) is 6. The van der Waals surface area contributed by atoms with Gasteiger partial charge in [-0.15, -0.1) is 0 Å². The van der Waals surface area contributed by atoms with E-state index in [4.69, 9.17) is 17.4 Å². The molecule has 2 rings (SSSR count). The van der Waals surface area contributed by atoms with E-state index in [1.54, 1.807) is 6.07 Å². The van der Waals surface area contributed by atoms with E-state index in [2.05, 4.69) is 10.4 Å². The number of nitrogens with zero attached hydrogens (tertiary/aromatic N) is 3. The van der Waals surface area contributed by atoms with Crippen molar-refractivity contribution in [1.29, 1.82) is 0 Å². The van der Waals surface area contributed by atoms with Crippen LogP contribution >= 0.6 is 11.6 Å². The summed E-state index contributed by atoms with van der Waals surface area (Å²) < 4.78 is 0. The number of benzene rings is 1. The predicted octanol–water partition coefficient (Wildman–Crippen LogP) is 1.24. The summed E-state index contributed by atoms with van der Waals surface area (Å²) >= 11 is 5.91. The van der Waals surface area contributed by atoms with E-state index < -0.39 is 4.92 Å². The van der Waals surface area contributed by atoms with Crippen molar-refractivity contribution in [3.05, 3.63) is 33.3 Å². The lowest BCUT2D eigenvalue weighted by atomic mass is 10.2. The van der Waals surface area contributed by atoms with E-state index >= 15 is 0 Å². The summed E-state index contributed by atoms with van der Waals surface area (Å²) in [5.41, 5.74) is 0.517. The van der Waals surface area contributed by atoms with Crippen LogP contribution in [-0.4, -0.2) is 29.8 Å². The Balaban J connectivity index is 2.22. The standard InChI is InChI=1S/C12H14ClN5O3/c13-9-6-8(3-4-10(9)18(20)21)17-5-1-2-11(17)12(19)15-7-16-14/h3-4,6-7,11H,1-2,5,14H2,(H,15,16,19). The smallest absolute Gasteiger partial charge is 0.288 e. The van der Waals surface area contributed by atoms with Crippen LogP contribution in [-0.2, 0) is 4.79 Å². The van der Waals surface area contributed by atoms with Gasteiger partial charge in [0.15, 0.2) is 0 Å². The molecular weight excluding hydrogens is 298 g/mol. The van der Waals surface area contributed by atoms with Crippen molar-refractivity contribution >= 4 is 35.2 Å². The zero-order valence-electron chi connectivity index (χ0n) is 11.0. The molecule has 21 heavy (non-hydrogen) atoms. The number of nitro benzene ring substituents is 1. The molecule has 1 heterocycles. The SMILES string of the molecule is NN=CNC(=O)C1CCCN1c1ccc([N+](=O)[O-])c(Cl)c1. The van der Waals surface area contributed by atoms with Gasteiger partial charge in [0.05, 0.1) is 4.92 Å². The molecule has 1 unspecified atom stereocenters. The van der Waals surface area contributed by atoms with Crippen molar-refractivity contribution in [2.45, 2.75) is 18.9 Å². The predicted molar refractivity (Wildman–Crippen MR) is 79.3 cm³/mol. The fourth-order valence-corrected chi connectivity index (χ4v) is 2.61. The molecule has 0 spiro atoms. The molecule has 8 nitrogen and oxygen atoms in total. The minimum Gasteiger partial charge on any atom is -0.359 e. The first-order valence-corrected chi connectivity index (χ1v) is 6.65. The average molecular weight is 312 g/mol. The van der Waals surface area contributed by atoms with Gasteiger partial charge < -0.3 is 16.1 Å². The normalized spacial score (nSPS) is 18.1. The minimum atomic E-state index is -0.544. The summed E-state index contributed by atoms with van der Waals surface area (Å²) in [7, 11) is 0. The molecule has 9 heteroatoms. The minimum absolute atomic E-state index is 0.0482. The number of nitrogens with two attached hydrogens (primary N) is 1. The van der Waals surface area contributed by atoms with Crippen molar-refractivity contribution in [2.24, 2.45) is 10.9 Å². The number of nitrogens with one attached hydrogen (secondary N) is 1. The van der Waals surface area contributed by atoms with E-state index in [1.807, 2.05) is 4.90 Å². The third-order valence-electron chi connectivity index (χ3n) is 3.30. The van der Waals surface area contributed by atoms with Gasteiger partial charge in [-0.25, -0.2) is 0 Å². The molecule has 1 saturated heterocycles. The van der Waals surface area contributed by atoms with Gasteiger partial charge in [0.2, 0.25) is 5.91 Å². The van der Waals surface area contributed by atoms with Crippen molar-refractivity contribution in [1.82, 2.24) is 5.32 Å².